The van der Waals surface area contributed by atoms with Gasteiger partial charge in [-0.1, -0.05) is 29.3 Å². The molecule has 0 bridgehead atoms. The van der Waals surface area contributed by atoms with E-state index < -0.39 is 5.97 Å². The molecule has 1 aliphatic rings. The van der Waals surface area contributed by atoms with Crippen LogP contribution in [0.5, 0.6) is 0 Å². The van der Waals surface area contributed by atoms with Crippen LogP contribution >= 0.6 is 23.2 Å². The maximum atomic E-state index is 12.3. The summed E-state index contributed by atoms with van der Waals surface area (Å²) in [6, 6.07) is 4.98. The van der Waals surface area contributed by atoms with Crippen LogP contribution in [-0.2, 0) is 14.3 Å². The summed E-state index contributed by atoms with van der Waals surface area (Å²) in [6.45, 7) is 1.69. The van der Waals surface area contributed by atoms with E-state index in [2.05, 4.69) is 0 Å². The number of methoxy groups -OCH3 is 1. The second-order valence-electron chi connectivity index (χ2n) is 4.55. The molecule has 0 aromatic heterocycles. The van der Waals surface area contributed by atoms with Crippen LogP contribution in [0.15, 0.2) is 35.0 Å². The summed E-state index contributed by atoms with van der Waals surface area (Å²) >= 11 is 11.8. The Labute approximate surface area is 132 Å². The lowest BCUT2D eigenvalue weighted by Crippen LogP contribution is -2.19. The van der Waals surface area contributed by atoms with Gasteiger partial charge < -0.3 is 9.64 Å². The van der Waals surface area contributed by atoms with Crippen molar-refractivity contribution in [1.29, 1.82) is 0 Å². The quantitative estimate of drug-likeness (QED) is 0.619. The first-order valence-electron chi connectivity index (χ1n) is 6.11. The maximum Gasteiger partial charge on any atom is 0.340 e. The molecule has 1 aromatic carbocycles. The third kappa shape index (κ3) is 2.82. The Morgan fingerprint density at radius 3 is 2.52 bits per heavy atom. The average Bonchev–Trinajstić information content (AvgIpc) is 2.67. The highest BCUT2D eigenvalue weighted by Crippen LogP contribution is 2.31. The fraction of sp³-hybridized carbons (Fsp3) is 0.200. The molecule has 4 nitrogen and oxygen atoms in total. The predicted octanol–water partition coefficient (Wildman–Crippen LogP) is 3.30. The van der Waals surface area contributed by atoms with E-state index in [9.17, 15) is 9.59 Å². The predicted molar refractivity (Wildman–Crippen MR) is 81.9 cm³/mol. The van der Waals surface area contributed by atoms with Crippen LogP contribution < -0.4 is 0 Å². The summed E-state index contributed by atoms with van der Waals surface area (Å²) in [5, 5.41) is 0.804. The van der Waals surface area contributed by atoms with Crippen molar-refractivity contribution >= 4 is 41.2 Å². The first kappa shape index (κ1) is 15.6. The average molecular weight is 326 g/mol. The van der Waals surface area contributed by atoms with E-state index in [-0.39, 0.29) is 17.1 Å². The van der Waals surface area contributed by atoms with Gasteiger partial charge in [-0.05, 0) is 30.7 Å². The van der Waals surface area contributed by atoms with Gasteiger partial charge in [-0.25, -0.2) is 4.79 Å². The van der Waals surface area contributed by atoms with Crippen molar-refractivity contribution in [2.24, 2.45) is 0 Å². The van der Waals surface area contributed by atoms with E-state index in [1.165, 1.54) is 12.0 Å². The number of esters is 1. The van der Waals surface area contributed by atoms with Crippen molar-refractivity contribution in [3.63, 3.8) is 0 Å². The molecular formula is C15H13Cl2NO3. The van der Waals surface area contributed by atoms with E-state index in [0.717, 1.165) is 0 Å². The van der Waals surface area contributed by atoms with Crippen molar-refractivity contribution < 1.29 is 14.3 Å². The van der Waals surface area contributed by atoms with Crippen LogP contribution in [0, 0.1) is 0 Å². The zero-order valence-corrected chi connectivity index (χ0v) is 13.2. The van der Waals surface area contributed by atoms with Gasteiger partial charge in [-0.2, -0.15) is 0 Å². The molecule has 0 saturated heterocycles. The van der Waals surface area contributed by atoms with Crippen molar-refractivity contribution in [2.75, 3.05) is 14.2 Å². The Hall–Kier alpha value is -1.78. The van der Waals surface area contributed by atoms with Gasteiger partial charge in [0.15, 0.2) is 0 Å². The number of carbonyl (C=O) groups is 2. The summed E-state index contributed by atoms with van der Waals surface area (Å²) in [7, 11) is 2.89. The lowest BCUT2D eigenvalue weighted by atomic mass is 10.0. The number of allylic oxidation sites excluding steroid dienone is 1. The molecule has 2 rings (SSSR count). The fourth-order valence-electron chi connectivity index (χ4n) is 2.06. The van der Waals surface area contributed by atoms with Crippen molar-refractivity contribution in [1.82, 2.24) is 4.90 Å². The molecule has 6 heteroatoms. The molecule has 0 spiro atoms. The molecule has 1 heterocycles. The minimum Gasteiger partial charge on any atom is -0.465 e. The summed E-state index contributed by atoms with van der Waals surface area (Å²) in [4.78, 5) is 25.6. The van der Waals surface area contributed by atoms with Crippen molar-refractivity contribution in [3.8, 4) is 0 Å². The van der Waals surface area contributed by atoms with Crippen LogP contribution in [0.3, 0.4) is 0 Å². The van der Waals surface area contributed by atoms with Crippen molar-refractivity contribution in [3.05, 3.63) is 50.7 Å². The molecule has 0 unspecified atom stereocenters. The van der Waals surface area contributed by atoms with E-state index in [1.807, 2.05) is 0 Å². The molecule has 1 aromatic rings. The SMILES string of the molecule is COC(=O)C1=C(C)N(C)C(=O)/C1=C\c1ccc(Cl)c(Cl)c1. The Morgan fingerprint density at radius 2 is 1.95 bits per heavy atom. The minimum atomic E-state index is -0.545. The molecule has 1 amide bonds. The number of amides is 1. The van der Waals surface area contributed by atoms with Gasteiger partial charge in [0, 0.05) is 12.7 Å². The molecule has 0 N–H and O–H groups in total. The normalized spacial score (nSPS) is 16.9. The first-order valence-corrected chi connectivity index (χ1v) is 6.86. The number of ether oxygens (including phenoxy) is 1. The van der Waals surface area contributed by atoms with Crippen molar-refractivity contribution in [2.45, 2.75) is 6.92 Å². The second kappa shape index (κ2) is 5.92. The molecule has 1 aliphatic heterocycles. The van der Waals surface area contributed by atoms with Crippen LogP contribution in [0.2, 0.25) is 10.0 Å². The van der Waals surface area contributed by atoms with Gasteiger partial charge in [0.1, 0.15) is 0 Å². The van der Waals surface area contributed by atoms with E-state index in [0.29, 0.717) is 21.3 Å². The Bertz CT molecular complexity index is 692. The summed E-state index contributed by atoms with van der Waals surface area (Å²) < 4.78 is 4.75. The third-order valence-corrected chi connectivity index (χ3v) is 4.05. The molecule has 0 aliphatic carbocycles. The Morgan fingerprint density at radius 1 is 1.29 bits per heavy atom. The zero-order chi connectivity index (χ0) is 15.7. The fourth-order valence-corrected chi connectivity index (χ4v) is 2.37. The summed E-state index contributed by atoms with van der Waals surface area (Å²) in [5.74, 6) is -0.810. The van der Waals surface area contributed by atoms with Gasteiger partial charge >= 0.3 is 5.97 Å². The molecular weight excluding hydrogens is 313 g/mol. The lowest BCUT2D eigenvalue weighted by Gasteiger charge is -2.08. The second-order valence-corrected chi connectivity index (χ2v) is 5.36. The Kier molecular flexibility index (Phi) is 4.40. The zero-order valence-electron chi connectivity index (χ0n) is 11.7. The number of benzene rings is 1. The van der Waals surface area contributed by atoms with Gasteiger partial charge in [-0.3, -0.25) is 4.79 Å². The van der Waals surface area contributed by atoms with E-state index in [1.54, 1.807) is 38.2 Å². The van der Waals surface area contributed by atoms with Crippen LogP contribution in [0.25, 0.3) is 6.08 Å². The molecule has 0 radical (unpaired) electrons. The molecule has 0 atom stereocenters. The maximum absolute atomic E-state index is 12.3. The van der Waals surface area contributed by atoms with Gasteiger partial charge in [0.2, 0.25) is 0 Å². The molecule has 0 fully saturated rings. The number of halogens is 2. The minimum absolute atomic E-state index is 0.260. The van der Waals surface area contributed by atoms with Crippen LogP contribution in [-0.4, -0.2) is 30.9 Å². The molecule has 0 saturated carbocycles. The third-order valence-electron chi connectivity index (χ3n) is 3.31. The number of hydrogen-bond donors (Lipinski definition) is 0. The summed E-state index contributed by atoms with van der Waals surface area (Å²) in [6.07, 6.45) is 1.60. The monoisotopic (exact) mass is 325 g/mol. The number of rotatable bonds is 2. The van der Waals surface area contributed by atoms with Gasteiger partial charge in [0.25, 0.3) is 5.91 Å². The number of carbonyl (C=O) groups excluding carboxylic acids is 2. The van der Waals surface area contributed by atoms with Crippen LogP contribution in [0.4, 0.5) is 0 Å². The van der Waals surface area contributed by atoms with E-state index in [4.69, 9.17) is 27.9 Å². The largest absolute Gasteiger partial charge is 0.465 e. The summed E-state index contributed by atoms with van der Waals surface area (Å²) in [5.41, 5.74) is 1.77. The number of nitrogens with zero attached hydrogens (tertiary/aromatic N) is 1. The Balaban J connectivity index is 2.54. The number of hydrogen-bond acceptors (Lipinski definition) is 3. The van der Waals surface area contributed by atoms with Crippen LogP contribution in [0.1, 0.15) is 12.5 Å². The molecule has 21 heavy (non-hydrogen) atoms. The standard InChI is InChI=1S/C15H13Cl2NO3/c1-8-13(15(20)21-3)10(14(19)18(8)2)6-9-4-5-11(16)12(17)7-9/h4-7H,1-3H3/b10-6-. The smallest absolute Gasteiger partial charge is 0.340 e. The lowest BCUT2D eigenvalue weighted by molar-refractivity contribution is -0.136. The first-order chi connectivity index (χ1) is 9.86. The number of likely N-dealkylation sites (N-methyl/N-ethyl adjacent to an activating group) is 1. The van der Waals surface area contributed by atoms with Gasteiger partial charge in [-0.15, -0.1) is 0 Å². The highest BCUT2D eigenvalue weighted by molar-refractivity contribution is 6.42. The molecule has 110 valence electrons. The topological polar surface area (TPSA) is 46.6 Å². The highest BCUT2D eigenvalue weighted by atomic mass is 35.5. The van der Waals surface area contributed by atoms with E-state index >= 15 is 0 Å². The highest BCUT2D eigenvalue weighted by Gasteiger charge is 2.34. The van der Waals surface area contributed by atoms with Gasteiger partial charge in [0.05, 0.1) is 28.3 Å².